The Kier molecular flexibility index (Phi) is 4.83. The van der Waals surface area contributed by atoms with E-state index in [1.165, 1.54) is 27.8 Å². The number of thioether (sulfide) groups is 1. The number of fused-ring (bicyclic) bond motifs is 1. The third kappa shape index (κ3) is 3.54. The second-order valence-corrected chi connectivity index (χ2v) is 8.19. The number of carbonyl (C=O) groups excluding carboxylic acids is 1. The van der Waals surface area contributed by atoms with Crippen LogP contribution in [0.2, 0.25) is 0 Å². The molecule has 0 fully saturated rings. The zero-order valence-electron chi connectivity index (χ0n) is 14.5. The van der Waals surface area contributed by atoms with Gasteiger partial charge in [-0.2, -0.15) is 0 Å². The fourth-order valence-corrected chi connectivity index (χ4v) is 4.19. The molecule has 0 spiro atoms. The highest BCUT2D eigenvalue weighted by Crippen LogP contribution is 2.28. The summed E-state index contributed by atoms with van der Waals surface area (Å²) in [6, 6.07) is 17.7. The monoisotopic (exact) mass is 395 g/mol. The number of nitrogens with two attached hydrogens (primary N) is 1. The lowest BCUT2D eigenvalue weighted by Crippen LogP contribution is -2.23. The average molecular weight is 396 g/mol. The summed E-state index contributed by atoms with van der Waals surface area (Å²) in [5.74, 6) is 6.59. The Balaban J connectivity index is 1.50. The number of amides is 1. The van der Waals surface area contributed by atoms with Crippen molar-refractivity contribution in [3.05, 3.63) is 60.0 Å². The van der Waals surface area contributed by atoms with Gasteiger partial charge >= 0.3 is 0 Å². The third-order valence-corrected chi connectivity index (χ3v) is 6.03. The van der Waals surface area contributed by atoms with Crippen LogP contribution < -0.4 is 11.2 Å². The van der Waals surface area contributed by atoms with Gasteiger partial charge in [0.05, 0.1) is 10.1 Å². The largest absolute Gasteiger partial charge is 0.335 e. The van der Waals surface area contributed by atoms with E-state index in [-0.39, 0.29) is 11.2 Å². The van der Waals surface area contributed by atoms with Gasteiger partial charge in [0.15, 0.2) is 5.82 Å². The van der Waals surface area contributed by atoms with Crippen LogP contribution in [0.25, 0.3) is 21.5 Å². The Hall–Kier alpha value is -2.84. The minimum Gasteiger partial charge on any atom is -0.335 e. The molecule has 2 aromatic heterocycles. The fourth-order valence-electron chi connectivity index (χ4n) is 2.71. The molecule has 3 N–H and O–H groups in total. The van der Waals surface area contributed by atoms with Crippen molar-refractivity contribution in [3.63, 3.8) is 0 Å². The number of benzene rings is 2. The van der Waals surface area contributed by atoms with Crippen molar-refractivity contribution >= 4 is 45.5 Å². The lowest BCUT2D eigenvalue weighted by Gasteiger charge is -2.13. The average Bonchev–Trinajstić information content (AvgIpc) is 3.32. The standard InChI is InChI=1S/C19H17N5OS2/c1-12(27-19-23-22-17(24(19)20)16-10-5-11-26-16)18(25)21-15-9-4-7-13-6-2-3-8-14(13)15/h2-12H,20H2,1H3,(H,21,25). The third-order valence-electron chi connectivity index (χ3n) is 4.11. The molecular formula is C19H17N5OS2. The van der Waals surface area contributed by atoms with Crippen molar-refractivity contribution in [1.82, 2.24) is 14.9 Å². The van der Waals surface area contributed by atoms with Crippen LogP contribution >= 0.6 is 23.1 Å². The summed E-state index contributed by atoms with van der Waals surface area (Å²) in [5, 5.41) is 15.4. The molecule has 0 aliphatic carbocycles. The number of hydrogen-bond acceptors (Lipinski definition) is 6. The molecule has 2 aromatic carbocycles. The summed E-state index contributed by atoms with van der Waals surface area (Å²) in [6.45, 7) is 1.82. The van der Waals surface area contributed by atoms with Gasteiger partial charge in [0, 0.05) is 11.1 Å². The second kappa shape index (κ2) is 7.42. The smallest absolute Gasteiger partial charge is 0.237 e. The van der Waals surface area contributed by atoms with E-state index in [2.05, 4.69) is 15.5 Å². The molecular weight excluding hydrogens is 378 g/mol. The van der Waals surface area contributed by atoms with E-state index in [1.807, 2.05) is 66.9 Å². The molecule has 27 heavy (non-hydrogen) atoms. The Morgan fingerprint density at radius 1 is 1.15 bits per heavy atom. The van der Waals surface area contributed by atoms with Crippen LogP contribution in [0, 0.1) is 0 Å². The molecule has 2 heterocycles. The molecule has 4 rings (SSSR count). The number of nitrogens with zero attached hydrogens (tertiary/aromatic N) is 3. The van der Waals surface area contributed by atoms with Gasteiger partial charge < -0.3 is 11.2 Å². The maximum Gasteiger partial charge on any atom is 0.237 e. The first-order valence-electron chi connectivity index (χ1n) is 8.33. The molecule has 6 nitrogen and oxygen atoms in total. The maximum absolute atomic E-state index is 12.7. The molecule has 0 saturated heterocycles. The number of nitrogen functional groups attached to an aromatic ring is 1. The predicted octanol–water partition coefficient (Wildman–Crippen LogP) is 3.99. The van der Waals surface area contributed by atoms with Crippen LogP contribution in [0.3, 0.4) is 0 Å². The first-order chi connectivity index (χ1) is 13.1. The lowest BCUT2D eigenvalue weighted by atomic mass is 10.1. The predicted molar refractivity (Wildman–Crippen MR) is 111 cm³/mol. The molecule has 0 bridgehead atoms. The van der Waals surface area contributed by atoms with Crippen LogP contribution in [-0.4, -0.2) is 26.0 Å². The zero-order chi connectivity index (χ0) is 18.8. The van der Waals surface area contributed by atoms with Crippen molar-refractivity contribution in [2.45, 2.75) is 17.3 Å². The van der Waals surface area contributed by atoms with E-state index in [9.17, 15) is 4.79 Å². The number of nitrogens with one attached hydrogen (secondary N) is 1. The molecule has 8 heteroatoms. The number of hydrogen-bond donors (Lipinski definition) is 2. The molecule has 0 aliphatic heterocycles. The number of aromatic nitrogens is 3. The second-order valence-electron chi connectivity index (χ2n) is 5.93. The molecule has 0 radical (unpaired) electrons. The van der Waals surface area contributed by atoms with E-state index in [0.717, 1.165) is 21.3 Å². The first-order valence-corrected chi connectivity index (χ1v) is 10.1. The van der Waals surface area contributed by atoms with E-state index in [1.54, 1.807) is 0 Å². The van der Waals surface area contributed by atoms with Gasteiger partial charge in [0.25, 0.3) is 0 Å². The van der Waals surface area contributed by atoms with Crippen LogP contribution in [0.4, 0.5) is 5.69 Å². The highest BCUT2D eigenvalue weighted by molar-refractivity contribution is 8.00. The number of anilines is 1. The lowest BCUT2D eigenvalue weighted by molar-refractivity contribution is -0.115. The fraction of sp³-hybridized carbons (Fsp3) is 0.105. The van der Waals surface area contributed by atoms with Crippen LogP contribution in [-0.2, 0) is 4.79 Å². The van der Waals surface area contributed by atoms with E-state index >= 15 is 0 Å². The maximum atomic E-state index is 12.7. The van der Waals surface area contributed by atoms with Gasteiger partial charge in [-0.1, -0.05) is 54.2 Å². The van der Waals surface area contributed by atoms with Crippen molar-refractivity contribution < 1.29 is 4.79 Å². The van der Waals surface area contributed by atoms with Crippen LogP contribution in [0.1, 0.15) is 6.92 Å². The van der Waals surface area contributed by atoms with E-state index in [0.29, 0.717) is 11.0 Å². The summed E-state index contributed by atoms with van der Waals surface area (Å²) in [6.07, 6.45) is 0. The normalized spacial score (nSPS) is 12.2. The number of thiophene rings is 1. The first kappa shape index (κ1) is 17.6. The molecule has 0 saturated carbocycles. The highest BCUT2D eigenvalue weighted by atomic mass is 32.2. The molecule has 1 unspecified atom stereocenters. The minimum absolute atomic E-state index is 0.114. The van der Waals surface area contributed by atoms with E-state index in [4.69, 9.17) is 5.84 Å². The Morgan fingerprint density at radius 2 is 1.96 bits per heavy atom. The van der Waals surface area contributed by atoms with E-state index < -0.39 is 0 Å². The van der Waals surface area contributed by atoms with Crippen molar-refractivity contribution in [2.24, 2.45) is 0 Å². The number of carbonyl (C=O) groups is 1. The molecule has 0 aliphatic rings. The van der Waals surface area contributed by atoms with Crippen molar-refractivity contribution in [3.8, 4) is 10.7 Å². The summed E-state index contributed by atoms with van der Waals surface area (Å²) >= 11 is 2.82. The SMILES string of the molecule is CC(Sc1nnc(-c2cccs2)n1N)C(=O)Nc1cccc2ccccc12. The summed E-state index contributed by atoms with van der Waals surface area (Å²) in [7, 11) is 0. The zero-order valence-corrected chi connectivity index (χ0v) is 16.1. The van der Waals surface area contributed by atoms with Crippen molar-refractivity contribution in [1.29, 1.82) is 0 Å². The Labute approximate surface area is 164 Å². The molecule has 136 valence electrons. The van der Waals surface area contributed by atoms with Crippen molar-refractivity contribution in [2.75, 3.05) is 11.2 Å². The molecule has 1 amide bonds. The summed E-state index contributed by atoms with van der Waals surface area (Å²) in [4.78, 5) is 13.6. The van der Waals surface area contributed by atoms with Gasteiger partial charge in [-0.25, -0.2) is 4.68 Å². The van der Waals surface area contributed by atoms with Gasteiger partial charge in [-0.05, 0) is 29.8 Å². The molecule has 1 atom stereocenters. The van der Waals surface area contributed by atoms with Crippen LogP contribution in [0.5, 0.6) is 0 Å². The summed E-state index contributed by atoms with van der Waals surface area (Å²) < 4.78 is 1.43. The quantitative estimate of drug-likeness (QED) is 0.394. The van der Waals surface area contributed by atoms with Gasteiger partial charge in [0.1, 0.15) is 0 Å². The van der Waals surface area contributed by atoms with Gasteiger partial charge in [-0.3, -0.25) is 4.79 Å². The topological polar surface area (TPSA) is 85.8 Å². The highest BCUT2D eigenvalue weighted by Gasteiger charge is 2.20. The van der Waals surface area contributed by atoms with Crippen LogP contribution in [0.15, 0.2) is 65.1 Å². The Morgan fingerprint density at radius 3 is 2.78 bits per heavy atom. The molecule has 4 aromatic rings. The number of rotatable bonds is 5. The minimum atomic E-state index is -0.383. The van der Waals surface area contributed by atoms with Gasteiger partial charge in [0.2, 0.25) is 11.1 Å². The summed E-state index contributed by atoms with van der Waals surface area (Å²) in [5.41, 5.74) is 0.791. The Bertz CT molecular complexity index is 1090. The van der Waals surface area contributed by atoms with Gasteiger partial charge in [-0.15, -0.1) is 21.5 Å².